The molecular formula is C16H14N5O2S+. The summed E-state index contributed by atoms with van der Waals surface area (Å²) in [4.78, 5) is 14.8. The van der Waals surface area contributed by atoms with Crippen molar-refractivity contribution in [1.29, 1.82) is 10.5 Å². The topological polar surface area (TPSA) is 126 Å². The monoisotopic (exact) mass is 340 g/mol. The van der Waals surface area contributed by atoms with Crippen LogP contribution in [0.4, 0.5) is 11.5 Å². The third-order valence-electron chi connectivity index (χ3n) is 3.01. The number of pyridine rings is 1. The van der Waals surface area contributed by atoms with E-state index in [1.54, 1.807) is 31.4 Å². The van der Waals surface area contributed by atoms with Gasteiger partial charge < -0.3 is 10.1 Å². The van der Waals surface area contributed by atoms with Crippen LogP contribution in [0.2, 0.25) is 0 Å². The Morgan fingerprint density at radius 2 is 2.08 bits per heavy atom. The summed E-state index contributed by atoms with van der Waals surface area (Å²) in [5.74, 6) is 0.634. The van der Waals surface area contributed by atoms with Crippen molar-refractivity contribution in [2.45, 2.75) is 5.03 Å². The number of aromatic nitrogens is 1. The fourth-order valence-corrected chi connectivity index (χ4v) is 2.66. The van der Waals surface area contributed by atoms with Crippen LogP contribution in [0, 0.1) is 22.7 Å². The zero-order chi connectivity index (χ0) is 17.5. The predicted octanol–water partition coefficient (Wildman–Crippen LogP) is 1.57. The first-order valence-corrected chi connectivity index (χ1v) is 7.78. The summed E-state index contributed by atoms with van der Waals surface area (Å²) >= 11 is 1.13. The maximum absolute atomic E-state index is 12.0. The average Bonchev–Trinajstić information content (AvgIpc) is 2.60. The lowest BCUT2D eigenvalue weighted by Gasteiger charge is -2.07. The van der Waals surface area contributed by atoms with Crippen molar-refractivity contribution in [2.75, 3.05) is 23.9 Å². The second-order valence-corrected chi connectivity index (χ2v) is 5.62. The molecule has 0 spiro atoms. The highest BCUT2D eigenvalue weighted by atomic mass is 32.2. The number of carbonyl (C=O) groups excluding carboxylic acids is 1. The summed E-state index contributed by atoms with van der Waals surface area (Å²) in [6.45, 7) is 0. The van der Waals surface area contributed by atoms with Gasteiger partial charge in [-0.2, -0.15) is 10.5 Å². The van der Waals surface area contributed by atoms with Gasteiger partial charge in [-0.15, -0.1) is 0 Å². The van der Waals surface area contributed by atoms with E-state index >= 15 is 0 Å². The van der Waals surface area contributed by atoms with Crippen LogP contribution in [0.15, 0.2) is 35.4 Å². The molecule has 0 atom stereocenters. The number of anilines is 2. The molecule has 8 heteroatoms. The molecule has 0 unspecified atom stereocenters. The van der Waals surface area contributed by atoms with Crippen molar-refractivity contribution in [2.24, 2.45) is 0 Å². The lowest BCUT2D eigenvalue weighted by Crippen LogP contribution is -2.19. The lowest BCUT2D eigenvalue weighted by molar-refractivity contribution is -0.410. The fourth-order valence-electron chi connectivity index (χ4n) is 1.87. The number of nitrogens with two attached hydrogens (primary N) is 1. The van der Waals surface area contributed by atoms with Gasteiger partial charge in [0.15, 0.2) is 5.03 Å². The number of nitrogens with zero attached hydrogens (tertiary/aromatic N) is 2. The van der Waals surface area contributed by atoms with E-state index < -0.39 is 0 Å². The van der Waals surface area contributed by atoms with Crippen LogP contribution in [0.5, 0.6) is 5.75 Å². The minimum Gasteiger partial charge on any atom is -0.497 e. The van der Waals surface area contributed by atoms with Gasteiger partial charge in [-0.25, -0.2) is 4.98 Å². The zero-order valence-electron chi connectivity index (χ0n) is 12.8. The molecule has 24 heavy (non-hydrogen) atoms. The number of H-pyrrole nitrogens is 1. The van der Waals surface area contributed by atoms with E-state index in [1.165, 1.54) is 6.07 Å². The Hall–Kier alpha value is -3.23. The number of nitrogen functional groups attached to an aromatic ring is 1. The Labute approximate surface area is 143 Å². The van der Waals surface area contributed by atoms with Gasteiger partial charge in [-0.05, 0) is 18.2 Å². The van der Waals surface area contributed by atoms with Crippen LogP contribution in [0.1, 0.15) is 11.1 Å². The molecule has 1 aromatic carbocycles. The molecule has 4 N–H and O–H groups in total. The fraction of sp³-hybridized carbons (Fsp3) is 0.125. The van der Waals surface area contributed by atoms with Crippen LogP contribution in [-0.2, 0) is 4.79 Å². The number of benzene rings is 1. The first kappa shape index (κ1) is 17.1. The van der Waals surface area contributed by atoms with Gasteiger partial charge in [0.1, 0.15) is 29.0 Å². The Bertz CT molecular complexity index is 855. The molecule has 2 aromatic rings. The summed E-state index contributed by atoms with van der Waals surface area (Å²) < 4.78 is 5.09. The SMILES string of the molecule is COc1cccc(NC(=O)CSc2[nH+]c(N)c(C#N)cc2C#N)c1. The minimum absolute atomic E-state index is 0.0771. The Balaban J connectivity index is 2.05. The number of nitrogens with one attached hydrogen (secondary N) is 2. The van der Waals surface area contributed by atoms with E-state index in [4.69, 9.17) is 21.0 Å². The standard InChI is InChI=1S/C16H13N5O2S/c1-23-13-4-2-3-12(6-13)20-14(22)9-24-16-11(8-18)5-10(7-17)15(19)21-16/h2-6H,9H2,1H3,(H2,19,21)(H,20,22)/p+1. The molecule has 0 aliphatic carbocycles. The molecule has 7 nitrogen and oxygen atoms in total. The maximum atomic E-state index is 12.0. The third kappa shape index (κ3) is 4.15. The van der Waals surface area contributed by atoms with Crippen molar-refractivity contribution in [3.05, 3.63) is 41.5 Å². The molecular weight excluding hydrogens is 326 g/mol. The first-order chi connectivity index (χ1) is 11.6. The average molecular weight is 340 g/mol. The molecule has 0 aliphatic heterocycles. The highest BCUT2D eigenvalue weighted by Gasteiger charge is 2.16. The van der Waals surface area contributed by atoms with Crippen molar-refractivity contribution < 1.29 is 14.5 Å². The van der Waals surface area contributed by atoms with Gasteiger partial charge in [0.2, 0.25) is 5.91 Å². The maximum Gasteiger partial charge on any atom is 0.289 e. The van der Waals surface area contributed by atoms with E-state index in [0.717, 1.165) is 11.8 Å². The molecule has 120 valence electrons. The van der Waals surface area contributed by atoms with E-state index in [-0.39, 0.29) is 28.6 Å². The molecule has 0 saturated carbocycles. The summed E-state index contributed by atoms with van der Waals surface area (Å²) in [6.07, 6.45) is 0. The number of aromatic amines is 1. The van der Waals surface area contributed by atoms with Gasteiger partial charge in [0.25, 0.3) is 5.82 Å². The Kier molecular flexibility index (Phi) is 5.61. The summed E-state index contributed by atoms with van der Waals surface area (Å²) in [5, 5.41) is 21.2. The van der Waals surface area contributed by atoms with Crippen LogP contribution >= 0.6 is 11.8 Å². The van der Waals surface area contributed by atoms with E-state index in [0.29, 0.717) is 16.5 Å². The smallest absolute Gasteiger partial charge is 0.289 e. The van der Waals surface area contributed by atoms with E-state index in [2.05, 4.69) is 10.3 Å². The van der Waals surface area contributed by atoms with Crippen molar-refractivity contribution in [1.82, 2.24) is 0 Å². The van der Waals surface area contributed by atoms with Crippen molar-refractivity contribution >= 4 is 29.2 Å². The number of rotatable bonds is 5. The number of nitriles is 2. The molecule has 0 aliphatic rings. The first-order valence-electron chi connectivity index (χ1n) is 6.80. The second-order valence-electron chi connectivity index (χ2n) is 4.63. The third-order valence-corrected chi connectivity index (χ3v) is 4.03. The number of thioether (sulfide) groups is 1. The van der Waals surface area contributed by atoms with Gasteiger partial charge in [-0.3, -0.25) is 10.5 Å². The predicted molar refractivity (Wildman–Crippen MR) is 89.2 cm³/mol. The highest BCUT2D eigenvalue weighted by Crippen LogP contribution is 2.21. The Morgan fingerprint density at radius 3 is 2.75 bits per heavy atom. The molecule has 0 fully saturated rings. The zero-order valence-corrected chi connectivity index (χ0v) is 13.6. The minimum atomic E-state index is -0.242. The lowest BCUT2D eigenvalue weighted by atomic mass is 10.2. The van der Waals surface area contributed by atoms with Gasteiger partial charge >= 0.3 is 0 Å². The largest absolute Gasteiger partial charge is 0.497 e. The number of hydrogen-bond acceptors (Lipinski definition) is 6. The summed E-state index contributed by atoms with van der Waals surface area (Å²) in [6, 6.07) is 12.3. The van der Waals surface area contributed by atoms with Crippen molar-refractivity contribution in [3.63, 3.8) is 0 Å². The number of ether oxygens (including phenoxy) is 1. The van der Waals surface area contributed by atoms with Gasteiger partial charge in [-0.1, -0.05) is 17.8 Å². The Morgan fingerprint density at radius 1 is 1.33 bits per heavy atom. The molecule has 1 heterocycles. The number of carbonyl (C=O) groups is 1. The second kappa shape index (κ2) is 7.86. The molecule has 0 bridgehead atoms. The van der Waals surface area contributed by atoms with E-state index in [9.17, 15) is 4.79 Å². The van der Waals surface area contributed by atoms with Gasteiger partial charge in [0.05, 0.1) is 12.9 Å². The quantitative estimate of drug-likeness (QED) is 0.796. The molecule has 1 aromatic heterocycles. The number of amides is 1. The highest BCUT2D eigenvalue weighted by molar-refractivity contribution is 7.99. The van der Waals surface area contributed by atoms with Crippen LogP contribution in [-0.4, -0.2) is 18.8 Å². The van der Waals surface area contributed by atoms with E-state index in [1.807, 2.05) is 12.1 Å². The number of methoxy groups -OCH3 is 1. The van der Waals surface area contributed by atoms with Gasteiger partial charge in [0, 0.05) is 11.8 Å². The summed E-state index contributed by atoms with van der Waals surface area (Å²) in [5.41, 5.74) is 6.77. The molecule has 1 amide bonds. The molecule has 0 radical (unpaired) electrons. The van der Waals surface area contributed by atoms with Crippen LogP contribution in [0.3, 0.4) is 0 Å². The molecule has 0 saturated heterocycles. The van der Waals surface area contributed by atoms with Crippen LogP contribution in [0.25, 0.3) is 0 Å². The normalized spacial score (nSPS) is 9.62. The number of hydrogen-bond donors (Lipinski definition) is 2. The van der Waals surface area contributed by atoms with Crippen LogP contribution < -0.4 is 20.8 Å². The van der Waals surface area contributed by atoms with Crippen molar-refractivity contribution in [3.8, 4) is 17.9 Å². The molecule has 2 rings (SSSR count). The summed E-state index contributed by atoms with van der Waals surface area (Å²) in [7, 11) is 1.55.